The van der Waals surface area contributed by atoms with Crippen molar-refractivity contribution in [3.05, 3.63) is 0 Å². The van der Waals surface area contributed by atoms with Gasteiger partial charge in [-0.2, -0.15) is 13.2 Å². The number of nitrogens with zero attached hydrogens (tertiary/aromatic N) is 1. The Balaban J connectivity index is 2.42. The first-order valence-electron chi connectivity index (χ1n) is 5.88. The maximum atomic E-state index is 12.3. The lowest BCUT2D eigenvalue weighted by atomic mass is 9.98. The number of carboxylic acid groups (broad SMARTS) is 1. The first-order chi connectivity index (χ1) is 7.87. The second-order valence-electron chi connectivity index (χ2n) is 4.64. The van der Waals surface area contributed by atoms with E-state index in [1.165, 1.54) is 4.90 Å². The molecule has 1 heterocycles. The van der Waals surface area contributed by atoms with Crippen LogP contribution in [0.5, 0.6) is 0 Å². The topological polar surface area (TPSA) is 40.5 Å². The minimum atomic E-state index is -4.16. The highest BCUT2D eigenvalue weighted by molar-refractivity contribution is 5.66. The van der Waals surface area contributed by atoms with Crippen LogP contribution < -0.4 is 0 Å². The van der Waals surface area contributed by atoms with Crippen LogP contribution in [0.1, 0.15) is 32.1 Å². The standard InChI is InChI=1S/C11H18F3NO2/c12-11(13,14)8-15-6-2-1-3-9(7-15)4-5-10(16)17/h9H,1-8H2,(H,16,17). The highest BCUT2D eigenvalue weighted by Gasteiger charge is 2.32. The number of hydrogen-bond donors (Lipinski definition) is 1. The van der Waals surface area contributed by atoms with Crippen molar-refractivity contribution in [3.63, 3.8) is 0 Å². The van der Waals surface area contributed by atoms with E-state index in [-0.39, 0.29) is 12.3 Å². The van der Waals surface area contributed by atoms with Crippen molar-refractivity contribution in [1.29, 1.82) is 0 Å². The monoisotopic (exact) mass is 253 g/mol. The Morgan fingerprint density at radius 3 is 2.65 bits per heavy atom. The van der Waals surface area contributed by atoms with Crippen LogP contribution in [-0.4, -0.2) is 41.8 Å². The number of carboxylic acids is 1. The van der Waals surface area contributed by atoms with Gasteiger partial charge in [-0.3, -0.25) is 9.69 Å². The highest BCUT2D eigenvalue weighted by Crippen LogP contribution is 2.24. The molecular formula is C11H18F3NO2. The van der Waals surface area contributed by atoms with E-state index in [1.54, 1.807) is 0 Å². The summed E-state index contributed by atoms with van der Waals surface area (Å²) < 4.78 is 36.8. The van der Waals surface area contributed by atoms with E-state index in [4.69, 9.17) is 5.11 Å². The number of aliphatic carboxylic acids is 1. The summed E-state index contributed by atoms with van der Waals surface area (Å²) in [6.07, 6.45) is -1.16. The molecule has 0 saturated carbocycles. The SMILES string of the molecule is O=C(O)CCC1CCCCN(CC(F)(F)F)C1. The van der Waals surface area contributed by atoms with E-state index in [0.717, 1.165) is 19.3 Å². The number of alkyl halides is 3. The molecule has 0 aromatic carbocycles. The lowest BCUT2D eigenvalue weighted by Gasteiger charge is -2.24. The van der Waals surface area contributed by atoms with Crippen LogP contribution >= 0.6 is 0 Å². The average Bonchev–Trinajstić information content (AvgIpc) is 2.37. The van der Waals surface area contributed by atoms with Gasteiger partial charge in [-0.25, -0.2) is 0 Å². The second-order valence-corrected chi connectivity index (χ2v) is 4.64. The molecule has 0 aromatic heterocycles. The largest absolute Gasteiger partial charge is 0.481 e. The molecule has 1 atom stereocenters. The summed E-state index contributed by atoms with van der Waals surface area (Å²) in [5.41, 5.74) is 0. The van der Waals surface area contributed by atoms with Crippen LogP contribution in [0.15, 0.2) is 0 Å². The van der Waals surface area contributed by atoms with Gasteiger partial charge in [-0.05, 0) is 31.7 Å². The van der Waals surface area contributed by atoms with Gasteiger partial charge in [0.15, 0.2) is 0 Å². The van der Waals surface area contributed by atoms with Crippen LogP contribution in [0.3, 0.4) is 0 Å². The zero-order valence-corrected chi connectivity index (χ0v) is 9.67. The molecule has 1 aliphatic rings. The molecule has 1 saturated heterocycles. The van der Waals surface area contributed by atoms with Crippen molar-refractivity contribution in [2.24, 2.45) is 5.92 Å². The van der Waals surface area contributed by atoms with Crippen LogP contribution in [-0.2, 0) is 4.79 Å². The van der Waals surface area contributed by atoms with E-state index >= 15 is 0 Å². The smallest absolute Gasteiger partial charge is 0.401 e. The van der Waals surface area contributed by atoms with E-state index in [9.17, 15) is 18.0 Å². The molecule has 1 aliphatic heterocycles. The minimum absolute atomic E-state index is 0.0462. The summed E-state index contributed by atoms with van der Waals surface area (Å²) in [7, 11) is 0. The molecule has 1 fully saturated rings. The molecule has 100 valence electrons. The molecule has 0 aromatic rings. The van der Waals surface area contributed by atoms with Crippen LogP contribution in [0.25, 0.3) is 0 Å². The Morgan fingerprint density at radius 2 is 2.06 bits per heavy atom. The van der Waals surface area contributed by atoms with Crippen molar-refractivity contribution >= 4 is 5.97 Å². The molecule has 0 radical (unpaired) electrons. The quantitative estimate of drug-likeness (QED) is 0.837. The molecule has 0 amide bonds. The fourth-order valence-corrected chi connectivity index (χ4v) is 2.28. The molecule has 6 heteroatoms. The maximum absolute atomic E-state index is 12.3. The number of carbonyl (C=O) groups is 1. The summed E-state index contributed by atoms with van der Waals surface area (Å²) in [5, 5.41) is 8.57. The zero-order chi connectivity index (χ0) is 12.9. The zero-order valence-electron chi connectivity index (χ0n) is 9.67. The molecule has 1 rings (SSSR count). The fourth-order valence-electron chi connectivity index (χ4n) is 2.28. The van der Waals surface area contributed by atoms with Crippen molar-refractivity contribution in [1.82, 2.24) is 4.90 Å². The van der Waals surface area contributed by atoms with Crippen molar-refractivity contribution in [2.45, 2.75) is 38.3 Å². The summed E-state index contributed by atoms with van der Waals surface area (Å²) in [6, 6.07) is 0. The molecule has 1 unspecified atom stereocenters. The number of halogens is 3. The van der Waals surface area contributed by atoms with Gasteiger partial charge in [-0.1, -0.05) is 6.42 Å². The Bertz CT molecular complexity index is 256. The van der Waals surface area contributed by atoms with E-state index in [0.29, 0.717) is 19.5 Å². The molecule has 0 spiro atoms. The number of hydrogen-bond acceptors (Lipinski definition) is 2. The number of rotatable bonds is 4. The Labute approximate surface area is 98.6 Å². The van der Waals surface area contributed by atoms with Crippen LogP contribution in [0.2, 0.25) is 0 Å². The third-order valence-electron chi connectivity index (χ3n) is 3.02. The lowest BCUT2D eigenvalue weighted by molar-refractivity contribution is -0.147. The molecule has 1 N–H and O–H groups in total. The minimum Gasteiger partial charge on any atom is -0.481 e. The van der Waals surface area contributed by atoms with Crippen LogP contribution in [0.4, 0.5) is 13.2 Å². The van der Waals surface area contributed by atoms with Gasteiger partial charge < -0.3 is 5.11 Å². The first kappa shape index (κ1) is 14.3. The van der Waals surface area contributed by atoms with Crippen molar-refractivity contribution in [3.8, 4) is 0 Å². The Kier molecular flexibility index (Phi) is 5.24. The first-order valence-corrected chi connectivity index (χ1v) is 5.88. The summed E-state index contributed by atoms with van der Waals surface area (Å²) in [5.74, 6) is -0.799. The van der Waals surface area contributed by atoms with E-state index in [1.807, 2.05) is 0 Å². The number of likely N-dealkylation sites (tertiary alicyclic amines) is 1. The molecule has 3 nitrogen and oxygen atoms in total. The van der Waals surface area contributed by atoms with Crippen molar-refractivity contribution in [2.75, 3.05) is 19.6 Å². The predicted molar refractivity (Wildman–Crippen MR) is 56.7 cm³/mol. The molecule has 17 heavy (non-hydrogen) atoms. The lowest BCUT2D eigenvalue weighted by Crippen LogP contribution is -2.37. The molecular weight excluding hydrogens is 235 g/mol. The average molecular weight is 253 g/mol. The Morgan fingerprint density at radius 1 is 1.35 bits per heavy atom. The Hall–Kier alpha value is -0.780. The maximum Gasteiger partial charge on any atom is 0.401 e. The summed E-state index contributed by atoms with van der Waals surface area (Å²) in [6.45, 7) is -0.0492. The second kappa shape index (κ2) is 6.23. The third-order valence-corrected chi connectivity index (χ3v) is 3.02. The highest BCUT2D eigenvalue weighted by atomic mass is 19.4. The van der Waals surface area contributed by atoms with Crippen molar-refractivity contribution < 1.29 is 23.1 Å². The molecule has 0 aliphatic carbocycles. The van der Waals surface area contributed by atoms with Gasteiger partial charge in [0, 0.05) is 13.0 Å². The van der Waals surface area contributed by atoms with Gasteiger partial charge in [0.25, 0.3) is 0 Å². The predicted octanol–water partition coefficient (Wildman–Crippen LogP) is 2.52. The van der Waals surface area contributed by atoms with E-state index in [2.05, 4.69) is 0 Å². The summed E-state index contributed by atoms with van der Waals surface area (Å²) in [4.78, 5) is 11.8. The van der Waals surface area contributed by atoms with Gasteiger partial charge in [0.2, 0.25) is 0 Å². The normalized spacial score (nSPS) is 23.4. The van der Waals surface area contributed by atoms with Crippen LogP contribution in [0, 0.1) is 5.92 Å². The third kappa shape index (κ3) is 6.51. The van der Waals surface area contributed by atoms with E-state index < -0.39 is 18.7 Å². The van der Waals surface area contributed by atoms with Gasteiger partial charge in [0.05, 0.1) is 6.54 Å². The van der Waals surface area contributed by atoms with Gasteiger partial charge >= 0.3 is 12.1 Å². The van der Waals surface area contributed by atoms with Gasteiger partial charge in [-0.15, -0.1) is 0 Å². The molecule has 0 bridgehead atoms. The fraction of sp³-hybridized carbons (Fsp3) is 0.909. The van der Waals surface area contributed by atoms with Gasteiger partial charge in [0.1, 0.15) is 0 Å². The summed E-state index contributed by atoms with van der Waals surface area (Å²) >= 11 is 0.